The molecule has 3 N–H and O–H groups in total. The molecule has 0 radical (unpaired) electrons. The number of nitrogens with zero attached hydrogens (tertiary/aromatic N) is 2. The van der Waals surface area contributed by atoms with E-state index in [0.717, 1.165) is 12.5 Å². The fraction of sp³-hybridized carbons (Fsp3) is 0.571. The predicted octanol–water partition coefficient (Wildman–Crippen LogP) is 2.47. The average molecular weight is 388 g/mol. The maximum Gasteiger partial charge on any atom is 0.325 e. The number of hydrogen-bond acceptors (Lipinski definition) is 3. The number of hydrogen-bond donors (Lipinski definition) is 3. The molecule has 2 rings (SSSR count). The Hall–Kier alpha value is -2.57. The summed E-state index contributed by atoms with van der Waals surface area (Å²) in [4.78, 5) is 30.4. The first-order valence-electron chi connectivity index (χ1n) is 10.0. The minimum Gasteiger partial charge on any atom is -0.357 e. The van der Waals surface area contributed by atoms with Gasteiger partial charge in [-0.05, 0) is 51.7 Å². The van der Waals surface area contributed by atoms with Crippen molar-refractivity contribution in [2.45, 2.75) is 59.5 Å². The molecule has 0 saturated carbocycles. The van der Waals surface area contributed by atoms with Crippen molar-refractivity contribution in [1.82, 2.24) is 20.9 Å². The highest BCUT2D eigenvalue weighted by Crippen LogP contribution is 2.20. The summed E-state index contributed by atoms with van der Waals surface area (Å²) < 4.78 is 0. The Balaban J connectivity index is 1.86. The van der Waals surface area contributed by atoms with Crippen LogP contribution in [0.3, 0.4) is 0 Å². The first-order valence-corrected chi connectivity index (χ1v) is 10.0. The van der Waals surface area contributed by atoms with Crippen LogP contribution in [0.2, 0.25) is 0 Å². The van der Waals surface area contributed by atoms with Crippen LogP contribution >= 0.6 is 0 Å². The van der Waals surface area contributed by atoms with Crippen molar-refractivity contribution in [2.75, 3.05) is 19.6 Å². The highest BCUT2D eigenvalue weighted by atomic mass is 16.2. The van der Waals surface area contributed by atoms with E-state index in [1.165, 1.54) is 21.6 Å². The molecule has 0 spiro atoms. The van der Waals surface area contributed by atoms with Crippen molar-refractivity contribution in [2.24, 2.45) is 4.99 Å². The highest BCUT2D eigenvalue weighted by Gasteiger charge is 2.45. The van der Waals surface area contributed by atoms with Crippen LogP contribution in [0.5, 0.6) is 0 Å². The fourth-order valence-electron chi connectivity index (χ4n) is 3.16. The van der Waals surface area contributed by atoms with Gasteiger partial charge >= 0.3 is 6.03 Å². The SMILES string of the molecule is CCNC(=NCc1ccc(C)cc1C)NCCCN1C(=O)NC(C)(CC)C1=O. The third kappa shape index (κ3) is 5.24. The second kappa shape index (κ2) is 9.57. The summed E-state index contributed by atoms with van der Waals surface area (Å²) >= 11 is 0. The fourth-order valence-corrected chi connectivity index (χ4v) is 3.16. The van der Waals surface area contributed by atoms with Gasteiger partial charge in [-0.2, -0.15) is 0 Å². The van der Waals surface area contributed by atoms with Crippen LogP contribution in [-0.2, 0) is 11.3 Å². The van der Waals surface area contributed by atoms with Gasteiger partial charge in [-0.1, -0.05) is 30.7 Å². The van der Waals surface area contributed by atoms with E-state index in [1.54, 1.807) is 6.92 Å². The van der Waals surface area contributed by atoms with Gasteiger partial charge in [0.15, 0.2) is 5.96 Å². The Morgan fingerprint density at radius 2 is 1.96 bits per heavy atom. The Kier molecular flexibility index (Phi) is 7.43. The lowest BCUT2D eigenvalue weighted by atomic mass is 9.99. The first-order chi connectivity index (χ1) is 13.3. The summed E-state index contributed by atoms with van der Waals surface area (Å²) in [5.41, 5.74) is 2.90. The number of nitrogens with one attached hydrogen (secondary N) is 3. The van der Waals surface area contributed by atoms with E-state index >= 15 is 0 Å². The van der Waals surface area contributed by atoms with E-state index in [0.29, 0.717) is 32.5 Å². The van der Waals surface area contributed by atoms with E-state index in [2.05, 4.69) is 53.0 Å². The van der Waals surface area contributed by atoms with Gasteiger partial charge in [0.25, 0.3) is 5.91 Å². The molecule has 7 heteroatoms. The van der Waals surface area contributed by atoms with Crippen LogP contribution in [0.4, 0.5) is 4.79 Å². The molecule has 7 nitrogen and oxygen atoms in total. The van der Waals surface area contributed by atoms with Gasteiger partial charge in [0.05, 0.1) is 6.54 Å². The van der Waals surface area contributed by atoms with Crippen LogP contribution in [0, 0.1) is 13.8 Å². The molecule has 1 heterocycles. The maximum absolute atomic E-state index is 12.4. The van der Waals surface area contributed by atoms with E-state index in [4.69, 9.17) is 0 Å². The number of amides is 3. The Morgan fingerprint density at radius 3 is 2.57 bits per heavy atom. The summed E-state index contributed by atoms with van der Waals surface area (Å²) in [6.45, 7) is 12.3. The number of benzene rings is 1. The van der Waals surface area contributed by atoms with E-state index in [9.17, 15) is 9.59 Å². The minimum absolute atomic E-state index is 0.143. The lowest BCUT2D eigenvalue weighted by molar-refractivity contribution is -0.130. The van der Waals surface area contributed by atoms with Crippen molar-refractivity contribution in [3.63, 3.8) is 0 Å². The molecule has 1 unspecified atom stereocenters. The van der Waals surface area contributed by atoms with E-state index in [-0.39, 0.29) is 11.9 Å². The number of urea groups is 1. The van der Waals surface area contributed by atoms with Gasteiger partial charge in [-0.3, -0.25) is 9.69 Å². The topological polar surface area (TPSA) is 85.8 Å². The molecule has 1 fully saturated rings. The molecule has 154 valence electrons. The zero-order chi connectivity index (χ0) is 20.7. The van der Waals surface area contributed by atoms with Gasteiger partial charge in [-0.25, -0.2) is 9.79 Å². The number of rotatable bonds is 8. The lowest BCUT2D eigenvalue weighted by Crippen LogP contribution is -2.43. The molecule has 0 aromatic heterocycles. The monoisotopic (exact) mass is 387 g/mol. The Morgan fingerprint density at radius 1 is 1.21 bits per heavy atom. The first kappa shape index (κ1) is 21.7. The summed E-state index contributed by atoms with van der Waals surface area (Å²) in [5.74, 6) is 0.591. The molecular weight excluding hydrogens is 354 g/mol. The van der Waals surface area contributed by atoms with Crippen LogP contribution in [0.25, 0.3) is 0 Å². The third-order valence-electron chi connectivity index (χ3n) is 5.15. The molecule has 0 bridgehead atoms. The molecule has 0 aliphatic carbocycles. The van der Waals surface area contributed by atoms with Crippen molar-refractivity contribution >= 4 is 17.9 Å². The molecule has 28 heavy (non-hydrogen) atoms. The predicted molar refractivity (Wildman–Crippen MR) is 112 cm³/mol. The van der Waals surface area contributed by atoms with Crippen molar-refractivity contribution in [1.29, 1.82) is 0 Å². The van der Waals surface area contributed by atoms with Gasteiger partial charge in [0.2, 0.25) is 0 Å². The van der Waals surface area contributed by atoms with Crippen LogP contribution in [0.1, 0.15) is 50.3 Å². The van der Waals surface area contributed by atoms with Crippen molar-refractivity contribution in [3.8, 4) is 0 Å². The molecule has 3 amide bonds. The third-order valence-corrected chi connectivity index (χ3v) is 5.15. The van der Waals surface area contributed by atoms with Crippen LogP contribution < -0.4 is 16.0 Å². The normalized spacial score (nSPS) is 19.8. The second-order valence-corrected chi connectivity index (χ2v) is 7.48. The quantitative estimate of drug-likeness (QED) is 0.277. The summed E-state index contributed by atoms with van der Waals surface area (Å²) in [6.07, 6.45) is 1.24. The molecule has 1 aliphatic heterocycles. The minimum atomic E-state index is -0.771. The number of guanidine groups is 1. The van der Waals surface area contributed by atoms with E-state index < -0.39 is 5.54 Å². The molecule has 1 aromatic rings. The van der Waals surface area contributed by atoms with Gasteiger partial charge in [-0.15, -0.1) is 0 Å². The second-order valence-electron chi connectivity index (χ2n) is 7.48. The van der Waals surface area contributed by atoms with Crippen molar-refractivity contribution in [3.05, 3.63) is 34.9 Å². The molecule has 1 aliphatic rings. The zero-order valence-electron chi connectivity index (χ0n) is 17.7. The van der Waals surface area contributed by atoms with Gasteiger partial charge < -0.3 is 16.0 Å². The Labute approximate surface area is 168 Å². The summed E-state index contributed by atoms with van der Waals surface area (Å²) in [7, 11) is 0. The average Bonchev–Trinajstić information content (AvgIpc) is 2.87. The molecular formula is C21H33N5O2. The number of carbonyl (C=O) groups excluding carboxylic acids is 2. The largest absolute Gasteiger partial charge is 0.357 e. The van der Waals surface area contributed by atoms with Crippen molar-refractivity contribution < 1.29 is 9.59 Å². The lowest BCUT2D eigenvalue weighted by Gasteiger charge is -2.19. The maximum atomic E-state index is 12.4. The number of aliphatic imine (C=N–C) groups is 1. The summed E-state index contributed by atoms with van der Waals surface area (Å²) in [5, 5.41) is 9.29. The van der Waals surface area contributed by atoms with Gasteiger partial charge in [0, 0.05) is 19.6 Å². The van der Waals surface area contributed by atoms with Crippen LogP contribution in [0.15, 0.2) is 23.2 Å². The molecule has 1 saturated heterocycles. The number of carbonyl (C=O) groups is 2. The number of imide groups is 1. The standard InChI is InChI=1S/C21H33N5O2/c1-6-21(5)18(27)26(20(28)25-21)12-8-11-23-19(22-7-2)24-14-17-10-9-15(3)13-16(17)4/h9-10,13H,6-8,11-12,14H2,1-5H3,(H,25,28)(H2,22,23,24). The highest BCUT2D eigenvalue weighted by molar-refractivity contribution is 6.06. The summed E-state index contributed by atoms with van der Waals surface area (Å²) in [6, 6.07) is 6.07. The van der Waals surface area contributed by atoms with Crippen LogP contribution in [-0.4, -0.2) is 48.0 Å². The van der Waals surface area contributed by atoms with Gasteiger partial charge in [0.1, 0.15) is 5.54 Å². The molecule has 1 atom stereocenters. The Bertz CT molecular complexity index is 746. The molecule has 1 aromatic carbocycles. The zero-order valence-corrected chi connectivity index (χ0v) is 17.7. The number of aryl methyl sites for hydroxylation is 2. The van der Waals surface area contributed by atoms with E-state index in [1.807, 2.05) is 13.8 Å². The smallest absolute Gasteiger partial charge is 0.325 e.